The van der Waals surface area contributed by atoms with Crippen LogP contribution in [0, 0.1) is 13.8 Å². The molecule has 8 rings (SSSR count). The first-order valence-electron chi connectivity index (χ1n) is 20.8. The second kappa shape index (κ2) is 17.3. The highest BCUT2D eigenvalue weighted by Crippen LogP contribution is 2.43. The van der Waals surface area contributed by atoms with Crippen molar-refractivity contribution in [2.45, 2.75) is 98.2 Å². The van der Waals surface area contributed by atoms with Crippen LogP contribution in [0.3, 0.4) is 0 Å². The van der Waals surface area contributed by atoms with Crippen molar-refractivity contribution < 1.29 is 28.7 Å². The molecule has 4 N–H and O–H groups in total. The van der Waals surface area contributed by atoms with Gasteiger partial charge in [-0.2, -0.15) is 10.2 Å². The van der Waals surface area contributed by atoms with Crippen LogP contribution in [0.1, 0.15) is 105 Å². The van der Waals surface area contributed by atoms with E-state index in [1.807, 2.05) is 55.4 Å². The maximum absolute atomic E-state index is 13.9. The van der Waals surface area contributed by atoms with E-state index in [9.17, 15) is 19.2 Å². The lowest BCUT2D eigenvalue weighted by Crippen LogP contribution is -2.50. The third-order valence-corrected chi connectivity index (χ3v) is 11.1. The Morgan fingerprint density at radius 2 is 1.48 bits per heavy atom. The summed E-state index contributed by atoms with van der Waals surface area (Å²) in [7, 11) is 0. The van der Waals surface area contributed by atoms with Crippen LogP contribution in [-0.4, -0.2) is 85.2 Å². The van der Waals surface area contributed by atoms with Gasteiger partial charge in [-0.1, -0.05) is 31.4 Å². The Morgan fingerprint density at radius 1 is 0.800 bits per heavy atom. The van der Waals surface area contributed by atoms with Gasteiger partial charge in [-0.15, -0.1) is 0 Å². The molecule has 3 aromatic heterocycles. The van der Waals surface area contributed by atoms with Gasteiger partial charge in [-0.3, -0.25) is 33.9 Å². The molecule has 5 heterocycles. The number of aryl methyl sites for hydroxylation is 4. The summed E-state index contributed by atoms with van der Waals surface area (Å²) in [6.07, 6.45) is 9.59. The van der Waals surface area contributed by atoms with Gasteiger partial charge in [0.15, 0.2) is 6.29 Å². The summed E-state index contributed by atoms with van der Waals surface area (Å²) in [5, 5.41) is 21.7. The van der Waals surface area contributed by atoms with E-state index < -0.39 is 6.29 Å². The molecule has 0 bridgehead atoms. The first kappa shape index (κ1) is 40.1. The summed E-state index contributed by atoms with van der Waals surface area (Å²) < 4.78 is 18.0. The number of carbonyl (C=O) groups excluding carboxylic acids is 4. The van der Waals surface area contributed by atoms with Crippen LogP contribution in [0.5, 0.6) is 11.5 Å². The molecule has 17 nitrogen and oxygen atoms in total. The van der Waals surface area contributed by atoms with Gasteiger partial charge in [0.05, 0.1) is 35.8 Å². The number of anilines is 3. The Hall–Kier alpha value is -6.65. The first-order chi connectivity index (χ1) is 29.1. The minimum absolute atomic E-state index is 0.112. The average Bonchev–Trinajstić information content (AvgIpc) is 4.01. The van der Waals surface area contributed by atoms with Crippen LogP contribution < -0.4 is 35.6 Å². The molecular weight excluding hydrogens is 767 g/mol. The van der Waals surface area contributed by atoms with E-state index in [1.54, 1.807) is 39.7 Å². The molecule has 5 aromatic rings. The van der Waals surface area contributed by atoms with Crippen LogP contribution in [-0.2, 0) is 19.6 Å². The zero-order valence-corrected chi connectivity index (χ0v) is 34.4. The number of hydrogen-bond donors (Lipinski definition) is 4. The lowest BCUT2D eigenvalue weighted by molar-refractivity contribution is 0.0920. The molecule has 3 amide bonds. The third kappa shape index (κ3) is 8.15. The molecule has 1 aliphatic carbocycles. The number of amides is 3. The fraction of sp³-hybridized carbons (Fsp3) is 0.419. The number of nitrogens with zero attached hydrogens (tertiary/aromatic N) is 7. The Balaban J connectivity index is 1.16. The number of imidazole rings is 1. The van der Waals surface area contributed by atoms with Crippen molar-refractivity contribution >= 4 is 52.4 Å². The second-order valence-electron chi connectivity index (χ2n) is 15.4. The standard InChI is InChI=1S/C43H51N11O6/c1-5-53-33(19-26(3)49-53)40(57)47-42-45-31-21-28(25-55)22-35-37(31)51(42)15-10-11-16-52-38-32(46-43(52)48-41(58)34-20-27(4)50-54(34)6-2)23-29(24-36(38)60-18-12-17-59-35)39(56)44-30-13-8-7-9-14-30/h10-11,19-25,30,43,46H,5-9,12-18H2,1-4H3,(H,44,56)(H,48,58)(H,45,47,57)/b11-10+. The number of carbonyl (C=O) groups is 4. The highest BCUT2D eigenvalue weighted by atomic mass is 16.5. The SMILES string of the molecule is CCn1nc(C)cc1C(=O)Nc1nc2cc(C=O)cc3c2n1C/C=C/CN1c2c(cc(C(=O)NC4CCCCC4)cc2OCCCO3)NC1NC(=O)c1cc(C)nn1CC. The molecule has 1 fully saturated rings. The average molecular weight is 818 g/mol. The summed E-state index contributed by atoms with van der Waals surface area (Å²) in [5.41, 5.74) is 5.50. The molecule has 1 unspecified atom stereocenters. The molecule has 1 saturated carbocycles. The molecule has 2 aliphatic heterocycles. The van der Waals surface area contributed by atoms with Crippen molar-refractivity contribution in [2.24, 2.45) is 0 Å². The lowest BCUT2D eigenvalue weighted by atomic mass is 9.95. The number of hydrogen-bond acceptors (Lipinski definition) is 11. The number of aromatic nitrogens is 6. The van der Waals surface area contributed by atoms with Crippen molar-refractivity contribution in [3.63, 3.8) is 0 Å². The van der Waals surface area contributed by atoms with Crippen LogP contribution in [0.25, 0.3) is 11.0 Å². The molecule has 17 heteroatoms. The highest BCUT2D eigenvalue weighted by Gasteiger charge is 2.35. The number of benzene rings is 2. The normalized spacial score (nSPS) is 17.3. The van der Waals surface area contributed by atoms with Crippen molar-refractivity contribution in [1.29, 1.82) is 0 Å². The first-order valence-corrected chi connectivity index (χ1v) is 20.8. The Bertz CT molecular complexity index is 2480. The zero-order chi connectivity index (χ0) is 41.9. The van der Waals surface area contributed by atoms with E-state index in [2.05, 4.69) is 31.5 Å². The van der Waals surface area contributed by atoms with E-state index in [-0.39, 0.29) is 49.5 Å². The molecular formula is C43H51N11O6. The largest absolute Gasteiger partial charge is 0.491 e. The van der Waals surface area contributed by atoms with Crippen LogP contribution in [0.15, 0.2) is 48.6 Å². The van der Waals surface area contributed by atoms with E-state index in [0.29, 0.717) is 88.2 Å². The quantitative estimate of drug-likeness (QED) is 0.107. The second-order valence-corrected chi connectivity index (χ2v) is 15.4. The van der Waals surface area contributed by atoms with Gasteiger partial charge in [-0.05, 0) is 76.9 Å². The summed E-state index contributed by atoms with van der Waals surface area (Å²) in [6.45, 7) is 9.59. The number of aldehydes is 1. The third-order valence-electron chi connectivity index (χ3n) is 11.1. The summed E-state index contributed by atoms with van der Waals surface area (Å²) in [6, 6.07) is 10.5. The monoisotopic (exact) mass is 817 g/mol. The van der Waals surface area contributed by atoms with E-state index >= 15 is 0 Å². The summed E-state index contributed by atoms with van der Waals surface area (Å²) in [4.78, 5) is 60.2. The summed E-state index contributed by atoms with van der Waals surface area (Å²) >= 11 is 0. The smallest absolute Gasteiger partial charge is 0.276 e. The Kier molecular flexibility index (Phi) is 11.6. The van der Waals surface area contributed by atoms with Gasteiger partial charge in [0.2, 0.25) is 5.95 Å². The molecule has 0 spiro atoms. The number of rotatable bonds is 9. The molecule has 1 atom stereocenters. The van der Waals surface area contributed by atoms with Gasteiger partial charge in [0, 0.05) is 49.8 Å². The van der Waals surface area contributed by atoms with E-state index in [0.717, 1.165) is 37.7 Å². The predicted molar refractivity (Wildman–Crippen MR) is 226 cm³/mol. The molecule has 0 saturated heterocycles. The summed E-state index contributed by atoms with van der Waals surface area (Å²) in [5.74, 6) is 0.306. The fourth-order valence-electron chi connectivity index (χ4n) is 8.23. The van der Waals surface area contributed by atoms with Crippen molar-refractivity contribution in [1.82, 2.24) is 39.7 Å². The van der Waals surface area contributed by atoms with Crippen LogP contribution in [0.2, 0.25) is 0 Å². The molecule has 314 valence electrons. The van der Waals surface area contributed by atoms with Gasteiger partial charge in [-0.25, -0.2) is 4.98 Å². The van der Waals surface area contributed by atoms with Crippen LogP contribution in [0.4, 0.5) is 17.3 Å². The maximum atomic E-state index is 13.9. The number of ether oxygens (including phenoxy) is 2. The lowest BCUT2D eigenvalue weighted by Gasteiger charge is -2.27. The van der Waals surface area contributed by atoms with Gasteiger partial charge in [0.1, 0.15) is 40.4 Å². The minimum atomic E-state index is -0.722. The topological polar surface area (TPSA) is 192 Å². The predicted octanol–water partition coefficient (Wildman–Crippen LogP) is 5.58. The molecule has 3 aliphatic rings. The molecule has 0 radical (unpaired) electrons. The Labute approximate surface area is 347 Å². The minimum Gasteiger partial charge on any atom is -0.491 e. The molecule has 2 aromatic carbocycles. The zero-order valence-electron chi connectivity index (χ0n) is 34.4. The van der Waals surface area contributed by atoms with E-state index in [4.69, 9.17) is 14.5 Å². The Morgan fingerprint density at radius 3 is 2.18 bits per heavy atom. The number of allylic oxidation sites excluding steroid dienone is 1. The van der Waals surface area contributed by atoms with Gasteiger partial charge >= 0.3 is 0 Å². The van der Waals surface area contributed by atoms with Gasteiger partial charge < -0.3 is 34.9 Å². The van der Waals surface area contributed by atoms with Crippen molar-refractivity contribution in [2.75, 3.05) is 35.3 Å². The highest BCUT2D eigenvalue weighted by molar-refractivity contribution is 6.04. The maximum Gasteiger partial charge on any atom is 0.276 e. The van der Waals surface area contributed by atoms with Crippen molar-refractivity contribution in [3.05, 3.63) is 82.5 Å². The van der Waals surface area contributed by atoms with E-state index in [1.165, 1.54) is 6.42 Å². The van der Waals surface area contributed by atoms with Crippen molar-refractivity contribution in [3.8, 4) is 11.5 Å². The van der Waals surface area contributed by atoms with Gasteiger partial charge in [0.25, 0.3) is 17.7 Å². The molecule has 60 heavy (non-hydrogen) atoms. The number of nitrogens with one attached hydrogen (secondary N) is 4. The van der Waals surface area contributed by atoms with Crippen LogP contribution >= 0.6 is 0 Å². The fourth-order valence-corrected chi connectivity index (χ4v) is 8.23.